The largest absolute Gasteiger partial charge is 0.423 e. The highest BCUT2D eigenvalue weighted by Gasteiger charge is 2.14. The first-order valence-electron chi connectivity index (χ1n) is 6.64. The molecule has 0 saturated carbocycles. The Balaban J connectivity index is 2.10. The van der Waals surface area contributed by atoms with E-state index in [0.29, 0.717) is 29.2 Å². The maximum atomic E-state index is 12.0. The second-order valence-corrected chi connectivity index (χ2v) is 5.94. The second-order valence-electron chi connectivity index (χ2n) is 4.95. The number of carbonyl (C=O) groups excluding carboxylic acids is 1. The number of nitrogens with two attached hydrogens (primary N) is 1. The van der Waals surface area contributed by atoms with Gasteiger partial charge in [-0.2, -0.15) is 16.7 Å². The Morgan fingerprint density at radius 1 is 1.52 bits per heavy atom. The van der Waals surface area contributed by atoms with E-state index in [1.165, 1.54) is 0 Å². The summed E-state index contributed by atoms with van der Waals surface area (Å²) < 4.78 is 5.56. The van der Waals surface area contributed by atoms with Crippen LogP contribution in [0.4, 0.5) is 11.7 Å². The number of nitrogens with one attached hydrogen (secondary N) is 1. The maximum Gasteiger partial charge on any atom is 0.297 e. The number of aromatic nitrogens is 1. The van der Waals surface area contributed by atoms with Crippen molar-refractivity contribution in [1.82, 2.24) is 4.98 Å². The molecule has 0 radical (unpaired) electrons. The van der Waals surface area contributed by atoms with Gasteiger partial charge >= 0.3 is 0 Å². The van der Waals surface area contributed by atoms with Gasteiger partial charge in [0.1, 0.15) is 5.52 Å². The van der Waals surface area contributed by atoms with Crippen LogP contribution in [0.1, 0.15) is 6.42 Å². The minimum Gasteiger partial charge on any atom is -0.423 e. The Morgan fingerprint density at radius 3 is 2.95 bits per heavy atom. The standard InChI is InChI=1S/C14H20N4O2S/c1-18(2)14-17-11-8-9(4-5-12(11)20-14)16-13(19)10(15)6-7-21-3/h4-5,8,10H,6-7,15H2,1-3H3,(H,16,19)/t10-/m0/s1. The van der Waals surface area contributed by atoms with Crippen LogP contribution >= 0.6 is 11.8 Å². The number of anilines is 2. The molecule has 21 heavy (non-hydrogen) atoms. The fourth-order valence-corrected chi connectivity index (χ4v) is 2.28. The van der Waals surface area contributed by atoms with E-state index in [0.717, 1.165) is 5.75 Å². The average Bonchev–Trinajstić information content (AvgIpc) is 2.88. The first-order valence-corrected chi connectivity index (χ1v) is 8.04. The molecule has 2 aromatic rings. The number of carbonyl (C=O) groups is 1. The van der Waals surface area contributed by atoms with Gasteiger partial charge in [0.25, 0.3) is 6.01 Å². The van der Waals surface area contributed by atoms with Gasteiger partial charge in [-0.1, -0.05) is 0 Å². The Morgan fingerprint density at radius 2 is 2.29 bits per heavy atom. The summed E-state index contributed by atoms with van der Waals surface area (Å²) in [4.78, 5) is 18.1. The molecule has 0 aliphatic heterocycles. The molecule has 0 aliphatic carbocycles. The van der Waals surface area contributed by atoms with E-state index < -0.39 is 6.04 Å². The molecule has 0 unspecified atom stereocenters. The number of rotatable bonds is 6. The van der Waals surface area contributed by atoms with Crippen LogP contribution in [0.3, 0.4) is 0 Å². The zero-order chi connectivity index (χ0) is 15.4. The molecule has 114 valence electrons. The average molecular weight is 308 g/mol. The van der Waals surface area contributed by atoms with E-state index >= 15 is 0 Å². The van der Waals surface area contributed by atoms with Crippen molar-refractivity contribution in [3.63, 3.8) is 0 Å². The van der Waals surface area contributed by atoms with Gasteiger partial charge in [0.15, 0.2) is 5.58 Å². The first-order chi connectivity index (χ1) is 10.0. The number of hydrogen-bond donors (Lipinski definition) is 2. The van der Waals surface area contributed by atoms with Crippen LogP contribution in [0.2, 0.25) is 0 Å². The van der Waals surface area contributed by atoms with Gasteiger partial charge in [-0.15, -0.1) is 0 Å². The van der Waals surface area contributed by atoms with E-state index in [1.807, 2.05) is 20.4 Å². The number of fused-ring (bicyclic) bond motifs is 1. The van der Waals surface area contributed by atoms with Gasteiger partial charge < -0.3 is 20.4 Å². The zero-order valence-corrected chi connectivity index (χ0v) is 13.2. The van der Waals surface area contributed by atoms with Crippen molar-refractivity contribution in [2.45, 2.75) is 12.5 Å². The lowest BCUT2D eigenvalue weighted by Gasteiger charge is -2.11. The smallest absolute Gasteiger partial charge is 0.297 e. The van der Waals surface area contributed by atoms with Crippen molar-refractivity contribution in [3.05, 3.63) is 18.2 Å². The maximum absolute atomic E-state index is 12.0. The predicted molar refractivity (Wildman–Crippen MR) is 87.9 cm³/mol. The van der Waals surface area contributed by atoms with Crippen LogP contribution in [0, 0.1) is 0 Å². The Hall–Kier alpha value is -1.73. The molecular formula is C14H20N4O2S. The van der Waals surface area contributed by atoms with Crippen LogP contribution in [0.25, 0.3) is 11.1 Å². The number of amides is 1. The van der Waals surface area contributed by atoms with Crippen LogP contribution in [0.5, 0.6) is 0 Å². The molecule has 0 bridgehead atoms. The number of benzene rings is 1. The van der Waals surface area contributed by atoms with Gasteiger partial charge in [0.2, 0.25) is 5.91 Å². The monoisotopic (exact) mass is 308 g/mol. The zero-order valence-electron chi connectivity index (χ0n) is 12.4. The quantitative estimate of drug-likeness (QED) is 0.848. The van der Waals surface area contributed by atoms with Crippen molar-refractivity contribution in [1.29, 1.82) is 0 Å². The van der Waals surface area contributed by atoms with Gasteiger partial charge in [-0.25, -0.2) is 0 Å². The summed E-state index contributed by atoms with van der Waals surface area (Å²) >= 11 is 1.67. The molecular weight excluding hydrogens is 288 g/mol. The van der Waals surface area contributed by atoms with Crippen molar-refractivity contribution >= 4 is 40.5 Å². The van der Waals surface area contributed by atoms with Crippen LogP contribution < -0.4 is 16.0 Å². The highest BCUT2D eigenvalue weighted by molar-refractivity contribution is 7.98. The lowest BCUT2D eigenvalue weighted by Crippen LogP contribution is -2.36. The van der Waals surface area contributed by atoms with E-state index in [9.17, 15) is 4.79 Å². The highest BCUT2D eigenvalue weighted by atomic mass is 32.2. The SMILES string of the molecule is CSCC[C@H](N)C(=O)Nc1ccc2oc(N(C)C)nc2c1. The molecule has 1 aromatic heterocycles. The fourth-order valence-electron chi connectivity index (χ4n) is 1.80. The predicted octanol–water partition coefficient (Wildman–Crippen LogP) is 1.91. The minimum absolute atomic E-state index is 0.181. The van der Waals surface area contributed by atoms with Crippen molar-refractivity contribution < 1.29 is 9.21 Å². The molecule has 1 amide bonds. The van der Waals surface area contributed by atoms with Crippen molar-refractivity contribution in [2.75, 3.05) is 36.3 Å². The van der Waals surface area contributed by atoms with Crippen molar-refractivity contribution in [2.24, 2.45) is 5.73 Å². The normalized spacial score (nSPS) is 12.4. The molecule has 3 N–H and O–H groups in total. The van der Waals surface area contributed by atoms with E-state index in [2.05, 4.69) is 10.3 Å². The summed E-state index contributed by atoms with van der Waals surface area (Å²) in [6, 6.07) is 5.39. The summed E-state index contributed by atoms with van der Waals surface area (Å²) in [6.45, 7) is 0. The van der Waals surface area contributed by atoms with E-state index in [1.54, 1.807) is 34.9 Å². The first kappa shape index (κ1) is 15.7. The van der Waals surface area contributed by atoms with Gasteiger partial charge in [0, 0.05) is 19.8 Å². The third kappa shape index (κ3) is 3.89. The molecule has 0 fully saturated rings. The molecule has 1 aromatic carbocycles. The third-order valence-electron chi connectivity index (χ3n) is 3.00. The van der Waals surface area contributed by atoms with Crippen LogP contribution in [0.15, 0.2) is 22.6 Å². The molecule has 1 heterocycles. The number of hydrogen-bond acceptors (Lipinski definition) is 6. The summed E-state index contributed by atoms with van der Waals surface area (Å²) in [5, 5.41) is 2.81. The Kier molecular flexibility index (Phi) is 5.08. The molecule has 0 saturated heterocycles. The summed E-state index contributed by atoms with van der Waals surface area (Å²) in [7, 11) is 3.72. The molecule has 7 heteroatoms. The van der Waals surface area contributed by atoms with Gasteiger partial charge in [-0.3, -0.25) is 4.79 Å². The second kappa shape index (κ2) is 6.82. The topological polar surface area (TPSA) is 84.4 Å². The van der Waals surface area contributed by atoms with Crippen LogP contribution in [-0.2, 0) is 4.79 Å². The molecule has 0 spiro atoms. The van der Waals surface area contributed by atoms with Crippen LogP contribution in [-0.4, -0.2) is 43.0 Å². The van der Waals surface area contributed by atoms with E-state index in [-0.39, 0.29) is 5.91 Å². The highest BCUT2D eigenvalue weighted by Crippen LogP contribution is 2.23. The minimum atomic E-state index is -0.497. The Bertz CT molecular complexity index is 626. The fraction of sp³-hybridized carbons (Fsp3) is 0.429. The number of thioether (sulfide) groups is 1. The van der Waals surface area contributed by atoms with Crippen molar-refractivity contribution in [3.8, 4) is 0 Å². The lowest BCUT2D eigenvalue weighted by atomic mass is 10.2. The molecule has 0 aliphatic rings. The van der Waals surface area contributed by atoms with Gasteiger partial charge in [-0.05, 0) is 36.6 Å². The molecule has 6 nitrogen and oxygen atoms in total. The van der Waals surface area contributed by atoms with E-state index in [4.69, 9.17) is 10.2 Å². The summed E-state index contributed by atoms with van der Waals surface area (Å²) in [6.07, 6.45) is 2.65. The number of nitrogens with zero attached hydrogens (tertiary/aromatic N) is 2. The van der Waals surface area contributed by atoms with Gasteiger partial charge in [0.05, 0.1) is 6.04 Å². The lowest BCUT2D eigenvalue weighted by molar-refractivity contribution is -0.117. The summed E-state index contributed by atoms with van der Waals surface area (Å²) in [5.74, 6) is 0.683. The Labute approximate surface area is 128 Å². The third-order valence-corrected chi connectivity index (χ3v) is 3.64. The molecule has 2 rings (SSSR count). The number of oxazole rings is 1. The molecule has 1 atom stereocenters. The summed E-state index contributed by atoms with van der Waals surface area (Å²) in [5.41, 5.74) is 7.90.